The molecule has 0 bridgehead atoms. The minimum absolute atomic E-state index is 0.367. The van der Waals surface area contributed by atoms with Crippen LogP contribution in [0.4, 0.5) is 5.13 Å². The van der Waals surface area contributed by atoms with Gasteiger partial charge >= 0.3 is 0 Å². The maximum absolute atomic E-state index is 12.2. The Morgan fingerprint density at radius 2 is 2.21 bits per heavy atom. The second-order valence-electron chi connectivity index (χ2n) is 4.60. The number of rotatable bonds is 3. The van der Waals surface area contributed by atoms with Gasteiger partial charge < -0.3 is 5.32 Å². The Morgan fingerprint density at radius 3 is 2.95 bits per heavy atom. The topological polar surface area (TPSA) is 71.1 Å². The molecule has 1 saturated heterocycles. The molecule has 0 amide bonds. The fourth-order valence-corrected chi connectivity index (χ4v) is 4.71. The van der Waals surface area contributed by atoms with Gasteiger partial charge in [0.15, 0.2) is 5.13 Å². The van der Waals surface area contributed by atoms with Gasteiger partial charge in [0.2, 0.25) is 10.0 Å². The number of anilines is 1. The molecule has 1 aliphatic rings. The van der Waals surface area contributed by atoms with Gasteiger partial charge in [0, 0.05) is 6.54 Å². The molecule has 0 spiro atoms. The zero-order valence-electron chi connectivity index (χ0n) is 10.3. The van der Waals surface area contributed by atoms with Gasteiger partial charge in [-0.25, -0.2) is 13.4 Å². The van der Waals surface area contributed by atoms with Crippen molar-refractivity contribution >= 4 is 36.7 Å². The monoisotopic (exact) mass is 297 g/mol. The predicted octanol–water partition coefficient (Wildman–Crippen LogP) is 1.79. The Morgan fingerprint density at radius 1 is 1.37 bits per heavy atom. The van der Waals surface area contributed by atoms with E-state index in [0.717, 1.165) is 23.2 Å². The number of hydrogen-bond donors (Lipinski definition) is 2. The average molecular weight is 297 g/mol. The molecule has 1 aromatic heterocycles. The highest BCUT2D eigenvalue weighted by molar-refractivity contribution is 7.93. The van der Waals surface area contributed by atoms with Crippen molar-refractivity contribution in [2.45, 2.75) is 18.1 Å². The molecule has 1 unspecified atom stereocenters. The maximum atomic E-state index is 12.2. The lowest BCUT2D eigenvalue weighted by atomic mass is 10.2. The molecule has 0 aliphatic carbocycles. The van der Waals surface area contributed by atoms with Crippen molar-refractivity contribution in [2.24, 2.45) is 0 Å². The molecule has 1 atom stereocenters. The number of nitrogens with zero attached hydrogens (tertiary/aromatic N) is 1. The van der Waals surface area contributed by atoms with Crippen molar-refractivity contribution < 1.29 is 8.42 Å². The molecule has 7 heteroatoms. The molecular weight excluding hydrogens is 282 g/mol. The first-order chi connectivity index (χ1) is 9.15. The third-order valence-electron chi connectivity index (χ3n) is 3.21. The van der Waals surface area contributed by atoms with E-state index < -0.39 is 10.0 Å². The molecule has 3 rings (SSSR count). The summed E-state index contributed by atoms with van der Waals surface area (Å²) in [7, 11) is -3.35. The van der Waals surface area contributed by atoms with Crippen LogP contribution in [-0.4, -0.2) is 31.7 Å². The summed E-state index contributed by atoms with van der Waals surface area (Å²) in [5, 5.41) is 3.20. The first kappa shape index (κ1) is 12.8. The summed E-state index contributed by atoms with van der Waals surface area (Å²) >= 11 is 1.37. The first-order valence-corrected chi connectivity index (χ1v) is 8.59. The van der Waals surface area contributed by atoms with Crippen LogP contribution in [0, 0.1) is 0 Å². The van der Waals surface area contributed by atoms with E-state index in [1.54, 1.807) is 0 Å². The summed E-state index contributed by atoms with van der Waals surface area (Å²) in [4.78, 5) is 4.30. The van der Waals surface area contributed by atoms with E-state index in [4.69, 9.17) is 0 Å². The van der Waals surface area contributed by atoms with E-state index in [9.17, 15) is 8.42 Å². The molecule has 19 heavy (non-hydrogen) atoms. The number of para-hydroxylation sites is 1. The number of benzene rings is 1. The van der Waals surface area contributed by atoms with Crippen molar-refractivity contribution in [3.8, 4) is 0 Å². The van der Waals surface area contributed by atoms with Crippen LogP contribution in [0.25, 0.3) is 10.2 Å². The van der Waals surface area contributed by atoms with Gasteiger partial charge in [0.1, 0.15) is 0 Å². The lowest BCUT2D eigenvalue weighted by Crippen LogP contribution is -2.41. The number of nitrogens with one attached hydrogen (secondary N) is 2. The highest BCUT2D eigenvalue weighted by atomic mass is 32.2. The molecule has 1 aromatic carbocycles. The van der Waals surface area contributed by atoms with Crippen molar-refractivity contribution in [2.75, 3.05) is 17.8 Å². The van der Waals surface area contributed by atoms with Crippen molar-refractivity contribution in [1.82, 2.24) is 10.3 Å². The second kappa shape index (κ2) is 5.07. The molecule has 2 heterocycles. The van der Waals surface area contributed by atoms with Gasteiger partial charge in [-0.2, -0.15) is 0 Å². The third kappa shape index (κ3) is 2.72. The molecule has 0 saturated carbocycles. The van der Waals surface area contributed by atoms with Gasteiger partial charge in [0.25, 0.3) is 0 Å². The van der Waals surface area contributed by atoms with Gasteiger partial charge in [-0.3, -0.25) is 4.72 Å². The zero-order valence-corrected chi connectivity index (χ0v) is 11.9. The minimum atomic E-state index is -3.35. The van der Waals surface area contributed by atoms with Crippen LogP contribution in [0.2, 0.25) is 0 Å². The number of aromatic nitrogens is 1. The maximum Gasteiger partial charge on any atom is 0.238 e. The van der Waals surface area contributed by atoms with E-state index >= 15 is 0 Å². The Kier molecular flexibility index (Phi) is 3.42. The predicted molar refractivity (Wildman–Crippen MR) is 78.1 cm³/mol. The normalized spacial score (nSPS) is 20.5. The highest BCUT2D eigenvalue weighted by Crippen LogP contribution is 2.27. The molecule has 1 aliphatic heterocycles. The molecule has 102 valence electrons. The summed E-state index contributed by atoms with van der Waals surface area (Å²) in [5.74, 6) is 0. The van der Waals surface area contributed by atoms with Gasteiger partial charge in [0.05, 0.1) is 15.5 Å². The number of piperidine rings is 1. The number of hydrogen-bond acceptors (Lipinski definition) is 5. The number of sulfonamides is 1. The molecule has 2 aromatic rings. The third-order valence-corrected chi connectivity index (χ3v) is 6.05. The molecule has 0 radical (unpaired) electrons. The summed E-state index contributed by atoms with van der Waals surface area (Å²) in [6, 6.07) is 7.63. The summed E-state index contributed by atoms with van der Waals surface area (Å²) in [6.07, 6.45) is 1.60. The quantitative estimate of drug-likeness (QED) is 0.906. The zero-order chi connectivity index (χ0) is 13.3. The fraction of sp³-hybridized carbons (Fsp3) is 0.417. The Labute approximate surface area is 116 Å². The summed E-state index contributed by atoms with van der Waals surface area (Å²) < 4.78 is 28.1. The second-order valence-corrected chi connectivity index (χ2v) is 7.59. The van der Waals surface area contributed by atoms with Crippen molar-refractivity contribution in [1.29, 1.82) is 0 Å². The van der Waals surface area contributed by atoms with Gasteiger partial charge in [-0.15, -0.1) is 0 Å². The van der Waals surface area contributed by atoms with Crippen molar-refractivity contribution in [3.05, 3.63) is 24.3 Å². The first-order valence-electron chi connectivity index (χ1n) is 6.23. The Balaban J connectivity index is 1.83. The Bertz CT molecular complexity index is 642. The number of fused-ring (bicyclic) bond motifs is 1. The lowest BCUT2D eigenvalue weighted by Gasteiger charge is -2.22. The molecular formula is C12H15N3O2S2. The van der Waals surface area contributed by atoms with Crippen molar-refractivity contribution in [3.63, 3.8) is 0 Å². The summed E-state index contributed by atoms with van der Waals surface area (Å²) in [6.45, 7) is 1.41. The van der Waals surface area contributed by atoms with E-state index in [2.05, 4.69) is 15.0 Å². The largest absolute Gasteiger partial charge is 0.315 e. The van der Waals surface area contributed by atoms with Gasteiger partial charge in [-0.1, -0.05) is 23.5 Å². The number of thiazole rings is 1. The standard InChI is InChI=1S/C12H15N3O2S2/c16-19(17,9-4-3-7-13-8-9)15-12-14-10-5-1-2-6-11(10)18-12/h1-2,5-6,9,13H,3-4,7-8H2,(H,14,15). The van der Waals surface area contributed by atoms with E-state index in [0.29, 0.717) is 18.1 Å². The van der Waals surface area contributed by atoms with E-state index in [1.807, 2.05) is 24.3 Å². The SMILES string of the molecule is O=S(=O)(Nc1nc2ccccc2s1)C1CCCNC1. The Hall–Kier alpha value is -1.18. The van der Waals surface area contributed by atoms with E-state index in [1.165, 1.54) is 11.3 Å². The molecule has 2 N–H and O–H groups in total. The fourth-order valence-electron chi connectivity index (χ4n) is 2.21. The van der Waals surface area contributed by atoms with Crippen LogP contribution in [-0.2, 0) is 10.0 Å². The van der Waals surface area contributed by atoms with Crippen LogP contribution in [0.1, 0.15) is 12.8 Å². The van der Waals surface area contributed by atoms with E-state index in [-0.39, 0.29) is 5.25 Å². The smallest absolute Gasteiger partial charge is 0.238 e. The lowest BCUT2D eigenvalue weighted by molar-refractivity contribution is 0.499. The minimum Gasteiger partial charge on any atom is -0.315 e. The van der Waals surface area contributed by atoms with Gasteiger partial charge in [-0.05, 0) is 31.5 Å². The van der Waals surface area contributed by atoms with Crippen LogP contribution < -0.4 is 10.0 Å². The average Bonchev–Trinajstić information content (AvgIpc) is 2.81. The highest BCUT2D eigenvalue weighted by Gasteiger charge is 2.27. The van der Waals surface area contributed by atoms with Crippen LogP contribution in [0.3, 0.4) is 0 Å². The molecule has 5 nitrogen and oxygen atoms in total. The van der Waals surface area contributed by atoms with Crippen LogP contribution in [0.15, 0.2) is 24.3 Å². The van der Waals surface area contributed by atoms with Crippen LogP contribution in [0.5, 0.6) is 0 Å². The molecule has 1 fully saturated rings. The van der Waals surface area contributed by atoms with Crippen LogP contribution >= 0.6 is 11.3 Å². The summed E-state index contributed by atoms with van der Waals surface area (Å²) in [5.41, 5.74) is 0.826.